The van der Waals surface area contributed by atoms with Crippen LogP contribution in [0.15, 0.2) is 72.8 Å². The third-order valence-electron chi connectivity index (χ3n) is 6.68. The molecular formula is C29H27FO7. The zero-order valence-electron chi connectivity index (χ0n) is 20.5. The Labute approximate surface area is 213 Å². The number of aliphatic hydroxyl groups excluding tert-OH is 1. The van der Waals surface area contributed by atoms with E-state index in [9.17, 15) is 29.7 Å². The summed E-state index contributed by atoms with van der Waals surface area (Å²) in [5.74, 6) is -6.87. The summed E-state index contributed by atoms with van der Waals surface area (Å²) in [5, 5.41) is 33.7. The molecule has 0 amide bonds. The number of alkyl halides is 1. The van der Waals surface area contributed by atoms with Crippen LogP contribution in [0.4, 0.5) is 4.39 Å². The average molecular weight is 507 g/mol. The number of ether oxygens (including phenoxy) is 1. The van der Waals surface area contributed by atoms with Crippen molar-refractivity contribution in [1.29, 1.82) is 0 Å². The van der Waals surface area contributed by atoms with E-state index in [2.05, 4.69) is 0 Å². The van der Waals surface area contributed by atoms with Crippen LogP contribution < -0.4 is 0 Å². The fraction of sp³-hybridized carbons (Fsp3) is 0.276. The number of rotatable bonds is 7. The molecule has 1 unspecified atom stereocenters. The van der Waals surface area contributed by atoms with Crippen molar-refractivity contribution in [3.05, 3.63) is 106 Å². The summed E-state index contributed by atoms with van der Waals surface area (Å²) in [4.78, 5) is 39.8. The SMILES string of the molecule is Cc1ccc(C(=O)C(O)[C@H]2O[C@@](O)(C(=O)c3ccc(C)cc3)[C@@H](F)[C@@]2(O)C(=O)c2ccc(C)cc2)cc1. The monoisotopic (exact) mass is 506 g/mol. The topological polar surface area (TPSA) is 121 Å². The van der Waals surface area contributed by atoms with E-state index in [0.717, 1.165) is 16.7 Å². The Morgan fingerprint density at radius 1 is 0.730 bits per heavy atom. The van der Waals surface area contributed by atoms with Gasteiger partial charge in [0.2, 0.25) is 12.0 Å². The lowest BCUT2D eigenvalue weighted by Gasteiger charge is -2.30. The Kier molecular flexibility index (Phi) is 6.96. The summed E-state index contributed by atoms with van der Waals surface area (Å²) < 4.78 is 21.4. The minimum absolute atomic E-state index is 0.00236. The molecule has 1 aliphatic heterocycles. The van der Waals surface area contributed by atoms with Crippen LogP contribution in [0.1, 0.15) is 47.8 Å². The number of hydrogen-bond acceptors (Lipinski definition) is 7. The molecule has 37 heavy (non-hydrogen) atoms. The van der Waals surface area contributed by atoms with Crippen LogP contribution in [0.3, 0.4) is 0 Å². The maximum absolute atomic E-state index is 16.1. The summed E-state index contributed by atoms with van der Waals surface area (Å²) >= 11 is 0. The van der Waals surface area contributed by atoms with Gasteiger partial charge < -0.3 is 20.1 Å². The number of benzene rings is 3. The Morgan fingerprint density at radius 3 is 1.54 bits per heavy atom. The molecule has 0 saturated carbocycles. The molecule has 8 heteroatoms. The van der Waals surface area contributed by atoms with Gasteiger partial charge in [-0.3, -0.25) is 14.4 Å². The predicted octanol–water partition coefficient (Wildman–Crippen LogP) is 3.08. The first-order chi connectivity index (χ1) is 17.4. The van der Waals surface area contributed by atoms with Crippen LogP contribution in [-0.4, -0.2) is 62.4 Å². The molecule has 3 aromatic carbocycles. The summed E-state index contributed by atoms with van der Waals surface area (Å²) in [7, 11) is 0. The molecule has 0 bridgehead atoms. The van der Waals surface area contributed by atoms with Crippen LogP contribution >= 0.6 is 0 Å². The van der Waals surface area contributed by atoms with Crippen LogP contribution in [0.2, 0.25) is 0 Å². The smallest absolute Gasteiger partial charge is 0.267 e. The highest BCUT2D eigenvalue weighted by molar-refractivity contribution is 6.09. The van der Waals surface area contributed by atoms with Crippen LogP contribution in [0.5, 0.6) is 0 Å². The summed E-state index contributed by atoms with van der Waals surface area (Å²) in [5.41, 5.74) is -1.19. The largest absolute Gasteiger partial charge is 0.382 e. The van der Waals surface area contributed by atoms with Crippen molar-refractivity contribution in [2.45, 2.75) is 50.5 Å². The van der Waals surface area contributed by atoms with Gasteiger partial charge in [-0.15, -0.1) is 0 Å². The molecule has 4 rings (SSSR count). The Balaban J connectivity index is 1.80. The maximum atomic E-state index is 16.1. The number of halogens is 1. The van der Waals surface area contributed by atoms with Gasteiger partial charge in [-0.2, -0.15) is 0 Å². The number of carbonyl (C=O) groups excluding carboxylic acids is 3. The van der Waals surface area contributed by atoms with Crippen molar-refractivity contribution in [3.63, 3.8) is 0 Å². The zero-order chi connectivity index (χ0) is 27.1. The third kappa shape index (κ3) is 4.53. The molecule has 1 fully saturated rings. The molecular weight excluding hydrogens is 479 g/mol. The van der Waals surface area contributed by atoms with Crippen molar-refractivity contribution in [1.82, 2.24) is 0 Å². The van der Waals surface area contributed by atoms with E-state index in [1.165, 1.54) is 36.4 Å². The quantitative estimate of drug-likeness (QED) is 0.421. The summed E-state index contributed by atoms with van der Waals surface area (Å²) in [6.45, 7) is 5.30. The molecule has 1 saturated heterocycles. The first-order valence-corrected chi connectivity index (χ1v) is 11.7. The van der Waals surface area contributed by atoms with E-state index in [0.29, 0.717) is 0 Å². The molecule has 0 aromatic heterocycles. The molecule has 1 aliphatic rings. The fourth-order valence-electron chi connectivity index (χ4n) is 4.38. The number of aliphatic hydroxyl groups is 3. The molecule has 3 N–H and O–H groups in total. The van der Waals surface area contributed by atoms with Gasteiger partial charge in [-0.25, -0.2) is 4.39 Å². The predicted molar refractivity (Wildman–Crippen MR) is 132 cm³/mol. The Bertz CT molecular complexity index is 1330. The fourth-order valence-corrected chi connectivity index (χ4v) is 4.38. The molecule has 3 aromatic rings. The van der Waals surface area contributed by atoms with Gasteiger partial charge in [0.05, 0.1) is 0 Å². The lowest BCUT2D eigenvalue weighted by molar-refractivity contribution is -0.187. The molecule has 1 heterocycles. The average Bonchev–Trinajstić information content (AvgIpc) is 3.11. The number of carbonyl (C=O) groups is 3. The van der Waals surface area contributed by atoms with Gasteiger partial charge in [0, 0.05) is 16.7 Å². The standard InChI is InChI=1S/C29H27FO7/c1-16-4-10-19(11-5-16)22(31)23(32)26-28(35,24(33)20-12-6-17(2)7-13-20)27(30)29(36,37-26)25(34)21-14-8-18(3)9-15-21/h4-15,23,26-27,32,35-36H,1-3H3/t23?,26-,27+,28-,29+/m1/s1. The first kappa shape index (κ1) is 26.5. The molecule has 0 spiro atoms. The second-order valence-electron chi connectivity index (χ2n) is 9.49. The molecule has 192 valence electrons. The van der Waals surface area contributed by atoms with E-state index in [4.69, 9.17) is 4.74 Å². The molecule has 0 aliphatic carbocycles. The number of aryl methyl sites for hydroxylation is 3. The number of ketones is 3. The first-order valence-electron chi connectivity index (χ1n) is 11.7. The van der Waals surface area contributed by atoms with Gasteiger partial charge >= 0.3 is 0 Å². The van der Waals surface area contributed by atoms with Crippen molar-refractivity contribution in [2.75, 3.05) is 0 Å². The van der Waals surface area contributed by atoms with E-state index in [1.54, 1.807) is 57.2 Å². The van der Waals surface area contributed by atoms with Gasteiger partial charge in [-0.1, -0.05) is 89.5 Å². The van der Waals surface area contributed by atoms with Gasteiger partial charge in [0.1, 0.15) is 12.2 Å². The molecule has 7 nitrogen and oxygen atoms in total. The van der Waals surface area contributed by atoms with Gasteiger partial charge in [0.25, 0.3) is 5.79 Å². The normalized spacial score (nSPS) is 26.0. The minimum atomic E-state index is -3.36. The maximum Gasteiger partial charge on any atom is 0.267 e. The van der Waals surface area contributed by atoms with E-state index in [1.807, 2.05) is 0 Å². The highest BCUT2D eigenvalue weighted by Crippen LogP contribution is 2.45. The minimum Gasteiger partial charge on any atom is -0.382 e. The van der Waals surface area contributed by atoms with Crippen LogP contribution in [0.25, 0.3) is 0 Å². The lowest BCUT2D eigenvalue weighted by atomic mass is 9.79. The van der Waals surface area contributed by atoms with Gasteiger partial charge in [-0.05, 0) is 20.8 Å². The second-order valence-corrected chi connectivity index (χ2v) is 9.49. The van der Waals surface area contributed by atoms with E-state index < -0.39 is 47.1 Å². The summed E-state index contributed by atoms with van der Waals surface area (Å²) in [6, 6.07) is 17.5. The van der Waals surface area contributed by atoms with Gasteiger partial charge in [0.15, 0.2) is 17.2 Å². The molecule has 5 atom stereocenters. The highest BCUT2D eigenvalue weighted by Gasteiger charge is 2.72. The van der Waals surface area contributed by atoms with E-state index >= 15 is 4.39 Å². The van der Waals surface area contributed by atoms with Crippen molar-refractivity contribution in [3.8, 4) is 0 Å². The van der Waals surface area contributed by atoms with Crippen molar-refractivity contribution < 1.29 is 38.8 Å². The summed E-state index contributed by atoms with van der Waals surface area (Å²) in [6.07, 6.45) is -7.63. The Morgan fingerprint density at radius 2 is 1.11 bits per heavy atom. The van der Waals surface area contributed by atoms with Crippen LogP contribution in [-0.2, 0) is 4.74 Å². The zero-order valence-corrected chi connectivity index (χ0v) is 20.5. The number of hydrogen-bond donors (Lipinski definition) is 3. The van der Waals surface area contributed by atoms with Crippen molar-refractivity contribution in [2.24, 2.45) is 0 Å². The lowest BCUT2D eigenvalue weighted by Crippen LogP contribution is -2.59. The molecule has 0 radical (unpaired) electrons. The number of Topliss-reactive ketones (excluding diaryl/α,β-unsaturated/α-hetero) is 3. The van der Waals surface area contributed by atoms with Crippen molar-refractivity contribution >= 4 is 17.3 Å². The third-order valence-corrected chi connectivity index (χ3v) is 6.68. The highest BCUT2D eigenvalue weighted by atomic mass is 19.1. The van der Waals surface area contributed by atoms with Crippen LogP contribution in [0, 0.1) is 20.8 Å². The Hall–Kier alpha value is -3.56. The van der Waals surface area contributed by atoms with E-state index in [-0.39, 0.29) is 16.7 Å². The second kappa shape index (κ2) is 9.72.